The van der Waals surface area contributed by atoms with Crippen molar-refractivity contribution in [2.75, 3.05) is 24.5 Å². The molecule has 75 heavy (non-hydrogen) atoms. The van der Waals surface area contributed by atoms with E-state index in [0.29, 0.717) is 0 Å². The van der Waals surface area contributed by atoms with Crippen molar-refractivity contribution in [3.63, 3.8) is 0 Å². The molecular formula is C68H58N5OP. The van der Waals surface area contributed by atoms with Crippen molar-refractivity contribution >= 4 is 108 Å². The zero-order chi connectivity index (χ0) is 51.4. The highest BCUT2D eigenvalue weighted by Crippen LogP contribution is 2.68. The van der Waals surface area contributed by atoms with Crippen LogP contribution in [0.3, 0.4) is 0 Å². The van der Waals surface area contributed by atoms with E-state index >= 15 is 4.57 Å². The molecule has 13 rings (SSSR count). The Hall–Kier alpha value is -8.57. The zero-order valence-electron chi connectivity index (χ0n) is 43.7. The highest BCUT2D eigenvalue weighted by Gasteiger charge is 2.55. The molecule has 0 fully saturated rings. The molecule has 3 heterocycles. The van der Waals surface area contributed by atoms with Gasteiger partial charge in [-0.15, -0.1) is 0 Å². The molecule has 0 radical (unpaired) electrons. The van der Waals surface area contributed by atoms with Crippen molar-refractivity contribution in [1.82, 2.24) is 0 Å². The highest BCUT2D eigenvalue weighted by atomic mass is 31.2. The third-order valence-corrected chi connectivity index (χ3v) is 18.5. The lowest BCUT2D eigenvalue weighted by Crippen LogP contribution is -2.48. The fourth-order valence-electron chi connectivity index (χ4n) is 11.5. The van der Waals surface area contributed by atoms with Gasteiger partial charge in [0, 0.05) is 39.8 Å². The Morgan fingerprint density at radius 1 is 0.253 bits per heavy atom. The van der Waals surface area contributed by atoms with Gasteiger partial charge in [-0.1, -0.05) is 124 Å². The first-order chi connectivity index (χ1) is 36.3. The average molecular weight is 992 g/mol. The highest BCUT2D eigenvalue weighted by molar-refractivity contribution is 7.87. The lowest BCUT2D eigenvalue weighted by atomic mass is 10.0. The number of anilines is 15. The second kappa shape index (κ2) is 17.5. The van der Waals surface area contributed by atoms with Gasteiger partial charge in [-0.25, -0.2) is 0 Å². The van der Waals surface area contributed by atoms with Gasteiger partial charge >= 0.3 is 0 Å². The number of aryl methyl sites for hydroxylation is 8. The molecular weight excluding hydrogens is 934 g/mol. The average Bonchev–Trinajstić information content (AvgIpc) is 3.45. The smallest absolute Gasteiger partial charge is 0.183 e. The van der Waals surface area contributed by atoms with E-state index in [-0.39, 0.29) is 0 Å². The quantitative estimate of drug-likeness (QED) is 0.134. The van der Waals surface area contributed by atoms with E-state index in [0.717, 1.165) is 112 Å². The lowest BCUT2D eigenvalue weighted by Gasteiger charge is -2.50. The van der Waals surface area contributed by atoms with Crippen molar-refractivity contribution < 1.29 is 4.57 Å². The number of rotatable bonds is 9. The molecule has 0 unspecified atom stereocenters. The van der Waals surface area contributed by atoms with Gasteiger partial charge in [0.15, 0.2) is 7.14 Å². The van der Waals surface area contributed by atoms with Gasteiger partial charge in [0.1, 0.15) is 0 Å². The van der Waals surface area contributed by atoms with E-state index in [1.54, 1.807) is 0 Å². The van der Waals surface area contributed by atoms with E-state index < -0.39 is 7.14 Å². The monoisotopic (exact) mass is 991 g/mol. The standard InChI is InChI=1S/C68H58N5OP/c1-43-9-23-51(24-10-43)69(52-25-11-44(2)12-26-52)58-39-62-67-64(41-58)73(57-35-21-49(7)22-36-57)65-42-59(70(53-27-13-45(3)14-28-53)54-29-15-46(4)16-30-54)40-63-68(65)75(67,74)66-60(71(62)55-31-17-47(5)18-32-55)37-50(8)38-61(66)72(63)56-33-19-48(6)20-34-56/h9-42H,1-8H3. The molecule has 10 aromatic carbocycles. The topological polar surface area (TPSA) is 33.3 Å². The summed E-state index contributed by atoms with van der Waals surface area (Å²) in [6, 6.07) is 75.4. The van der Waals surface area contributed by atoms with E-state index in [1.807, 2.05) is 0 Å². The molecule has 0 bridgehead atoms. The van der Waals surface area contributed by atoms with Crippen molar-refractivity contribution in [3.05, 3.63) is 251 Å². The fraction of sp³-hybridized carbons (Fsp3) is 0.118. The minimum Gasteiger partial charge on any atom is -0.310 e. The Morgan fingerprint density at radius 3 is 0.680 bits per heavy atom. The van der Waals surface area contributed by atoms with Crippen LogP contribution in [-0.2, 0) is 4.57 Å². The third kappa shape index (κ3) is 7.49. The molecule has 0 saturated carbocycles. The van der Waals surface area contributed by atoms with Crippen molar-refractivity contribution in [2.45, 2.75) is 55.4 Å². The van der Waals surface area contributed by atoms with Crippen molar-refractivity contribution in [1.29, 1.82) is 0 Å². The molecule has 0 aliphatic carbocycles. The Kier molecular flexibility index (Phi) is 10.8. The van der Waals surface area contributed by atoms with Gasteiger partial charge < -0.3 is 29.1 Å². The minimum atomic E-state index is -3.78. The second-order valence-electron chi connectivity index (χ2n) is 21.0. The maximum absolute atomic E-state index is 18.3. The van der Waals surface area contributed by atoms with E-state index in [9.17, 15) is 0 Å². The SMILES string of the molecule is Cc1ccc(N(c2ccc(C)cc2)c2cc3c4c(c2)N(c2ccc(C)cc2)c2cc(N(c5ccc(C)cc5)c5ccc(C)cc5)cc5c2P4(=O)c2c(cc(C)cc2N5c2ccc(C)cc2)N3c2ccc(C)cc2)cc1. The van der Waals surface area contributed by atoms with Crippen molar-refractivity contribution in [2.24, 2.45) is 0 Å². The molecule has 3 aliphatic heterocycles. The molecule has 7 heteroatoms. The van der Waals surface area contributed by atoms with E-state index in [1.165, 1.54) is 33.4 Å². The Bertz CT molecular complexity index is 3600. The van der Waals surface area contributed by atoms with Crippen LogP contribution >= 0.6 is 7.14 Å². The van der Waals surface area contributed by atoms with Gasteiger partial charge in [-0.2, -0.15) is 0 Å². The predicted octanol–water partition coefficient (Wildman–Crippen LogP) is 18.1. The largest absolute Gasteiger partial charge is 0.310 e. The fourth-order valence-corrected chi connectivity index (χ4v) is 15.1. The van der Waals surface area contributed by atoms with Crippen LogP contribution < -0.4 is 40.4 Å². The molecule has 6 nitrogen and oxygen atoms in total. The number of hydrogen-bond acceptors (Lipinski definition) is 6. The maximum atomic E-state index is 18.3. The van der Waals surface area contributed by atoms with Gasteiger partial charge in [0.05, 0.1) is 61.4 Å². The van der Waals surface area contributed by atoms with Crippen molar-refractivity contribution in [3.8, 4) is 0 Å². The maximum Gasteiger partial charge on any atom is 0.183 e. The van der Waals surface area contributed by atoms with Crippen LogP contribution in [0.2, 0.25) is 0 Å². The molecule has 10 aromatic rings. The summed E-state index contributed by atoms with van der Waals surface area (Å²) in [5.74, 6) is 0. The normalized spacial score (nSPS) is 13.4. The summed E-state index contributed by atoms with van der Waals surface area (Å²) in [5.41, 5.74) is 23.7. The zero-order valence-corrected chi connectivity index (χ0v) is 44.6. The van der Waals surface area contributed by atoms with Crippen LogP contribution in [0.15, 0.2) is 206 Å². The molecule has 0 amide bonds. The Morgan fingerprint density at radius 2 is 0.453 bits per heavy atom. The molecule has 0 atom stereocenters. The molecule has 0 spiro atoms. The van der Waals surface area contributed by atoms with Gasteiger partial charge in [0.2, 0.25) is 0 Å². The molecule has 3 aliphatic rings. The van der Waals surface area contributed by atoms with Crippen LogP contribution in [0.25, 0.3) is 0 Å². The number of hydrogen-bond donors (Lipinski definition) is 0. The summed E-state index contributed by atoms with van der Waals surface area (Å²) in [6.45, 7) is 17.1. The molecule has 366 valence electrons. The van der Waals surface area contributed by atoms with E-state index in [2.05, 4.69) is 286 Å². The molecule has 0 N–H and O–H groups in total. The number of benzene rings is 10. The predicted molar refractivity (Wildman–Crippen MR) is 318 cm³/mol. The van der Waals surface area contributed by atoms with Crippen LogP contribution in [0.5, 0.6) is 0 Å². The summed E-state index contributed by atoms with van der Waals surface area (Å²) in [6.07, 6.45) is 0. The summed E-state index contributed by atoms with van der Waals surface area (Å²) in [7, 11) is -3.78. The first-order valence-corrected chi connectivity index (χ1v) is 27.6. The van der Waals surface area contributed by atoms with Gasteiger partial charge in [-0.05, 0) is 182 Å². The summed E-state index contributed by atoms with van der Waals surface area (Å²) >= 11 is 0. The van der Waals surface area contributed by atoms with Crippen LogP contribution in [0.4, 0.5) is 85.3 Å². The third-order valence-electron chi connectivity index (χ3n) is 15.3. The lowest BCUT2D eigenvalue weighted by molar-refractivity contribution is 0.592. The summed E-state index contributed by atoms with van der Waals surface area (Å²) in [5, 5.41) is 2.51. The Labute approximate surface area is 441 Å². The second-order valence-corrected chi connectivity index (χ2v) is 23.5. The minimum absolute atomic E-state index is 0.830. The first-order valence-electron chi connectivity index (χ1n) is 25.9. The van der Waals surface area contributed by atoms with Gasteiger partial charge in [-0.3, -0.25) is 0 Å². The summed E-state index contributed by atoms with van der Waals surface area (Å²) in [4.78, 5) is 11.9. The van der Waals surface area contributed by atoms with Gasteiger partial charge in [0.25, 0.3) is 0 Å². The Balaban J connectivity index is 1.21. The van der Waals surface area contributed by atoms with Crippen LogP contribution in [0.1, 0.15) is 44.5 Å². The van der Waals surface area contributed by atoms with Crippen LogP contribution in [0, 0.1) is 55.4 Å². The molecule has 0 saturated heterocycles. The first kappa shape index (κ1) is 46.2. The molecule has 0 aromatic heterocycles. The van der Waals surface area contributed by atoms with Crippen LogP contribution in [-0.4, -0.2) is 0 Å². The number of nitrogens with zero attached hydrogens (tertiary/aromatic N) is 5. The summed E-state index contributed by atoms with van der Waals surface area (Å²) < 4.78 is 18.3. The van der Waals surface area contributed by atoms with E-state index in [4.69, 9.17) is 0 Å².